The number of aromatic nitrogens is 2. The second kappa shape index (κ2) is 10.4. The van der Waals surface area contributed by atoms with Crippen LogP contribution in [0.25, 0.3) is 21.6 Å². The zero-order chi connectivity index (χ0) is 25.3. The molecule has 0 amide bonds. The first-order valence-electron chi connectivity index (χ1n) is 12.1. The number of nitrogens with one attached hydrogen (secondary N) is 2. The Labute approximate surface area is 215 Å². The van der Waals surface area contributed by atoms with Crippen LogP contribution in [0.4, 0.5) is 11.5 Å². The quantitative estimate of drug-likeness (QED) is 0.313. The maximum atomic E-state index is 12.2. The molecule has 4 heterocycles. The van der Waals surface area contributed by atoms with E-state index < -0.39 is 10.0 Å². The molecule has 0 bridgehead atoms. The molecular formula is C24H31N7O3S2. The van der Waals surface area contributed by atoms with Gasteiger partial charge in [0.05, 0.1) is 28.7 Å². The lowest BCUT2D eigenvalue weighted by Gasteiger charge is -2.31. The molecule has 0 saturated carbocycles. The fourth-order valence-corrected chi connectivity index (χ4v) is 7.18. The number of benzene rings is 1. The molecular weight excluding hydrogens is 498 g/mol. The van der Waals surface area contributed by atoms with Crippen LogP contribution in [-0.4, -0.2) is 81.2 Å². The lowest BCUT2D eigenvalue weighted by molar-refractivity contribution is 0.122. The van der Waals surface area contributed by atoms with Crippen LogP contribution in [-0.2, 0) is 21.3 Å². The van der Waals surface area contributed by atoms with E-state index in [1.165, 1.54) is 18.1 Å². The van der Waals surface area contributed by atoms with Gasteiger partial charge in [0, 0.05) is 47.5 Å². The third-order valence-corrected chi connectivity index (χ3v) is 9.90. The Balaban J connectivity index is 1.48. The largest absolute Gasteiger partial charge is 0.398 e. The number of sulfonamides is 1. The third kappa shape index (κ3) is 4.96. The highest BCUT2D eigenvalue weighted by Gasteiger charge is 2.29. The summed E-state index contributed by atoms with van der Waals surface area (Å²) in [5.41, 5.74) is 8.88. The van der Waals surface area contributed by atoms with E-state index in [2.05, 4.69) is 20.6 Å². The number of fused-ring (bicyclic) bond motifs is 1. The molecule has 3 aromatic rings. The Morgan fingerprint density at radius 1 is 1.22 bits per heavy atom. The van der Waals surface area contributed by atoms with Crippen LogP contribution < -0.4 is 15.4 Å². The van der Waals surface area contributed by atoms with Crippen molar-refractivity contribution in [2.45, 2.75) is 24.6 Å². The van der Waals surface area contributed by atoms with Crippen LogP contribution in [0, 0.1) is 5.41 Å². The Morgan fingerprint density at radius 2 is 1.97 bits per heavy atom. The minimum Gasteiger partial charge on any atom is -0.398 e. The van der Waals surface area contributed by atoms with Gasteiger partial charge in [-0.25, -0.2) is 23.1 Å². The van der Waals surface area contributed by atoms with E-state index in [0.717, 1.165) is 54.3 Å². The number of ether oxygens (including phenoxy) is 1. The number of hydrogen-bond acceptors (Lipinski definition) is 10. The molecule has 2 aliphatic heterocycles. The van der Waals surface area contributed by atoms with Gasteiger partial charge in [0.25, 0.3) is 0 Å². The number of likely N-dealkylation sites (tertiary alicyclic amines) is 1. The predicted molar refractivity (Wildman–Crippen MR) is 144 cm³/mol. The number of nitrogens with zero attached hydrogens (tertiary/aromatic N) is 4. The minimum atomic E-state index is -3.23. The van der Waals surface area contributed by atoms with Gasteiger partial charge in [-0.05, 0) is 45.1 Å². The summed E-state index contributed by atoms with van der Waals surface area (Å²) in [6.45, 7) is 5.01. The van der Waals surface area contributed by atoms with Gasteiger partial charge < -0.3 is 20.8 Å². The molecule has 10 nitrogen and oxygen atoms in total. The highest BCUT2D eigenvalue weighted by Crippen LogP contribution is 2.36. The van der Waals surface area contributed by atoms with Gasteiger partial charge in [0.2, 0.25) is 10.0 Å². The normalized spacial score (nSPS) is 18.1. The van der Waals surface area contributed by atoms with Crippen LogP contribution in [0.5, 0.6) is 0 Å². The molecule has 2 saturated heterocycles. The van der Waals surface area contributed by atoms with Gasteiger partial charge in [0.15, 0.2) is 11.6 Å². The van der Waals surface area contributed by atoms with Crippen molar-refractivity contribution in [3.63, 3.8) is 0 Å². The Kier molecular flexibility index (Phi) is 7.22. The second-order valence-electron chi connectivity index (χ2n) is 9.07. The molecule has 0 aliphatic carbocycles. The molecule has 2 aliphatic rings. The lowest BCUT2D eigenvalue weighted by atomic mass is 10.1. The summed E-state index contributed by atoms with van der Waals surface area (Å²) in [4.78, 5) is 15.6. The van der Waals surface area contributed by atoms with E-state index in [9.17, 15) is 8.42 Å². The Hall–Kier alpha value is -2.64. The molecule has 192 valence electrons. The van der Waals surface area contributed by atoms with Gasteiger partial charge in [0.1, 0.15) is 0 Å². The summed E-state index contributed by atoms with van der Waals surface area (Å²) in [5, 5.41) is 7.54. The predicted octanol–water partition coefficient (Wildman–Crippen LogP) is 2.29. The smallest absolute Gasteiger partial charge is 0.214 e. The van der Waals surface area contributed by atoms with Crippen molar-refractivity contribution >= 4 is 49.3 Å². The monoisotopic (exact) mass is 529 g/mol. The van der Waals surface area contributed by atoms with E-state index in [4.69, 9.17) is 25.8 Å². The summed E-state index contributed by atoms with van der Waals surface area (Å²) in [5.74, 6) is 1.43. The number of anilines is 2. The summed E-state index contributed by atoms with van der Waals surface area (Å²) >= 11 is 1.69. The molecule has 12 heteroatoms. The standard InChI is InChI=1S/C24H31N7O3S2/c1-27-36(32,33)17-5-7-30(8-6-17)15-16-13-21-22(35-16)24(31-9-11-34-12-10-31)29-23(28-21)18-3-2-4-20(26)19(18)14-25/h2-4,13-14,17,25,27H,5-12,15,26H2,1H3. The fraction of sp³-hybridized carbons (Fsp3) is 0.458. The molecule has 0 unspecified atom stereocenters. The number of rotatable bonds is 7. The summed E-state index contributed by atoms with van der Waals surface area (Å²) in [6, 6.07) is 7.65. The second-order valence-corrected chi connectivity index (χ2v) is 12.4. The molecule has 5 rings (SSSR count). The Morgan fingerprint density at radius 3 is 2.67 bits per heavy atom. The average Bonchev–Trinajstić information content (AvgIpc) is 3.31. The van der Waals surface area contributed by atoms with Crippen molar-refractivity contribution in [1.82, 2.24) is 19.6 Å². The highest BCUT2D eigenvalue weighted by atomic mass is 32.2. The first kappa shape index (κ1) is 25.0. The van der Waals surface area contributed by atoms with Crippen molar-refractivity contribution in [2.75, 3.05) is 57.1 Å². The molecule has 0 radical (unpaired) electrons. The Bertz CT molecular complexity index is 1360. The van der Waals surface area contributed by atoms with E-state index in [0.29, 0.717) is 43.1 Å². The van der Waals surface area contributed by atoms with Crippen LogP contribution in [0.2, 0.25) is 0 Å². The summed E-state index contributed by atoms with van der Waals surface area (Å²) in [7, 11) is -1.75. The maximum Gasteiger partial charge on any atom is 0.214 e. The SMILES string of the molecule is CNS(=O)(=O)C1CCN(Cc2cc3nc(-c4cccc(N)c4C=N)nc(N4CCOCC4)c3s2)CC1. The van der Waals surface area contributed by atoms with Gasteiger partial charge >= 0.3 is 0 Å². The van der Waals surface area contributed by atoms with Gasteiger partial charge in [-0.15, -0.1) is 11.3 Å². The van der Waals surface area contributed by atoms with Gasteiger partial charge in [-0.3, -0.25) is 4.90 Å². The van der Waals surface area contributed by atoms with Crippen molar-refractivity contribution < 1.29 is 13.2 Å². The minimum absolute atomic E-state index is 0.330. The topological polar surface area (TPSA) is 138 Å². The molecule has 1 aromatic carbocycles. The van der Waals surface area contributed by atoms with Crippen molar-refractivity contribution in [3.05, 3.63) is 34.7 Å². The van der Waals surface area contributed by atoms with Gasteiger partial charge in [-0.1, -0.05) is 12.1 Å². The number of hydrogen-bond donors (Lipinski definition) is 3. The zero-order valence-electron chi connectivity index (χ0n) is 20.2. The van der Waals surface area contributed by atoms with E-state index in [-0.39, 0.29) is 5.25 Å². The molecule has 0 atom stereocenters. The van der Waals surface area contributed by atoms with Crippen molar-refractivity contribution in [3.8, 4) is 11.4 Å². The van der Waals surface area contributed by atoms with Crippen LogP contribution >= 0.6 is 11.3 Å². The highest BCUT2D eigenvalue weighted by molar-refractivity contribution is 7.90. The lowest BCUT2D eigenvalue weighted by Crippen LogP contribution is -2.42. The molecule has 4 N–H and O–H groups in total. The van der Waals surface area contributed by atoms with Crippen LogP contribution in [0.15, 0.2) is 24.3 Å². The molecule has 2 aromatic heterocycles. The average molecular weight is 530 g/mol. The molecule has 36 heavy (non-hydrogen) atoms. The summed E-state index contributed by atoms with van der Waals surface area (Å²) in [6.07, 6.45) is 2.50. The summed E-state index contributed by atoms with van der Waals surface area (Å²) < 4.78 is 33.4. The molecule has 0 spiro atoms. The number of nitrogens with two attached hydrogens (primary N) is 1. The molecule has 2 fully saturated rings. The van der Waals surface area contributed by atoms with Crippen molar-refractivity contribution in [1.29, 1.82) is 5.41 Å². The third-order valence-electron chi connectivity index (χ3n) is 6.88. The number of thiophene rings is 1. The van der Waals surface area contributed by atoms with Crippen molar-refractivity contribution in [2.24, 2.45) is 0 Å². The number of morpholine rings is 1. The van der Waals surface area contributed by atoms with Crippen LogP contribution in [0.3, 0.4) is 0 Å². The number of nitrogen functional groups attached to an aromatic ring is 1. The van der Waals surface area contributed by atoms with E-state index >= 15 is 0 Å². The maximum absolute atomic E-state index is 12.2. The first-order valence-corrected chi connectivity index (χ1v) is 14.4. The van der Waals surface area contributed by atoms with E-state index in [1.54, 1.807) is 17.4 Å². The fourth-order valence-electron chi connectivity index (χ4n) is 4.86. The first-order chi connectivity index (χ1) is 17.4. The number of piperidine rings is 1. The van der Waals surface area contributed by atoms with Crippen LogP contribution in [0.1, 0.15) is 23.3 Å². The zero-order valence-corrected chi connectivity index (χ0v) is 21.9. The van der Waals surface area contributed by atoms with Gasteiger partial charge in [-0.2, -0.15) is 0 Å². The van der Waals surface area contributed by atoms with E-state index in [1.807, 2.05) is 12.1 Å².